The van der Waals surface area contributed by atoms with Crippen LogP contribution in [-0.4, -0.2) is 52.1 Å². The van der Waals surface area contributed by atoms with E-state index in [9.17, 15) is 20.1 Å². The fraction of sp³-hybridized carbons (Fsp3) is 0.850. The van der Waals surface area contributed by atoms with Gasteiger partial charge in [0.1, 0.15) is 6.10 Å². The Morgan fingerprint density at radius 3 is 2.44 bits per heavy atom. The second kappa shape index (κ2) is 5.88. The molecule has 2 aliphatic carbocycles. The van der Waals surface area contributed by atoms with Gasteiger partial charge >= 0.3 is 0 Å². The van der Waals surface area contributed by atoms with Crippen molar-refractivity contribution in [1.82, 2.24) is 0 Å². The molecule has 3 N–H and O–H groups in total. The van der Waals surface area contributed by atoms with Crippen LogP contribution in [0.5, 0.6) is 0 Å². The summed E-state index contributed by atoms with van der Waals surface area (Å²) in [5.41, 5.74) is -1.24. The topological polar surface area (TPSA) is 87.0 Å². The van der Waals surface area contributed by atoms with Crippen LogP contribution in [0.1, 0.15) is 53.9 Å². The molecule has 25 heavy (non-hydrogen) atoms. The van der Waals surface area contributed by atoms with E-state index in [-0.39, 0.29) is 24.2 Å². The molecule has 1 aliphatic heterocycles. The molecule has 1 saturated carbocycles. The van der Waals surface area contributed by atoms with Crippen LogP contribution in [0.2, 0.25) is 0 Å². The Hall–Kier alpha value is -0.750. The van der Waals surface area contributed by atoms with Crippen molar-refractivity contribution in [3.05, 3.63) is 11.1 Å². The van der Waals surface area contributed by atoms with E-state index in [0.29, 0.717) is 31.4 Å². The predicted octanol–water partition coefficient (Wildman–Crippen LogP) is 1.84. The minimum absolute atomic E-state index is 0.00618. The zero-order valence-corrected chi connectivity index (χ0v) is 16.0. The summed E-state index contributed by atoms with van der Waals surface area (Å²) in [6.45, 7) is 10.1. The normalized spacial score (nSPS) is 47.6. The second-order valence-corrected chi connectivity index (χ2v) is 9.24. The van der Waals surface area contributed by atoms with Gasteiger partial charge in [-0.3, -0.25) is 4.79 Å². The third-order valence-electron chi connectivity index (χ3n) is 7.63. The van der Waals surface area contributed by atoms with Crippen LogP contribution >= 0.6 is 0 Å². The number of aliphatic hydroxyl groups excluding tert-OH is 2. The van der Waals surface area contributed by atoms with Crippen molar-refractivity contribution in [3.8, 4) is 0 Å². The van der Waals surface area contributed by atoms with Gasteiger partial charge in [0.05, 0.1) is 23.7 Å². The first-order valence-electron chi connectivity index (χ1n) is 9.37. The minimum atomic E-state index is -1.30. The lowest BCUT2D eigenvalue weighted by Gasteiger charge is -2.56. The van der Waals surface area contributed by atoms with Gasteiger partial charge in [-0.15, -0.1) is 0 Å². The molecule has 0 aromatic rings. The first-order valence-corrected chi connectivity index (χ1v) is 9.37. The van der Waals surface area contributed by atoms with Crippen LogP contribution in [0.15, 0.2) is 11.1 Å². The molecule has 2 unspecified atom stereocenters. The number of carbonyl (C=O) groups excluding carboxylic acids is 1. The summed E-state index contributed by atoms with van der Waals surface area (Å²) < 4.78 is 5.58. The van der Waals surface area contributed by atoms with Crippen LogP contribution in [0, 0.1) is 22.7 Å². The first kappa shape index (κ1) is 19.0. The van der Waals surface area contributed by atoms with Crippen LogP contribution in [0.25, 0.3) is 0 Å². The SMILES string of the molecule is CC1=C2C(O)C(=O)[C@@]3(C)C(C[C@](O)(CC1)C2(C)C)[C@@H](C)COC[C@@H]3O. The molecule has 6 atom stereocenters. The monoisotopic (exact) mass is 352 g/mol. The number of carbonyl (C=O) groups is 1. The Kier molecular flexibility index (Phi) is 4.47. The number of aliphatic hydroxyl groups is 3. The largest absolute Gasteiger partial charge is 0.390 e. The van der Waals surface area contributed by atoms with Crippen molar-refractivity contribution in [3.63, 3.8) is 0 Å². The van der Waals surface area contributed by atoms with Crippen molar-refractivity contribution < 1.29 is 24.9 Å². The lowest BCUT2D eigenvalue weighted by molar-refractivity contribution is -0.165. The number of Topliss-reactive ketones (excluding diaryl/α,β-unsaturated/α-hetero) is 1. The third-order valence-corrected chi connectivity index (χ3v) is 7.63. The zero-order chi connectivity index (χ0) is 18.8. The lowest BCUT2D eigenvalue weighted by Crippen LogP contribution is -2.62. The molecule has 0 radical (unpaired) electrons. The van der Waals surface area contributed by atoms with E-state index in [4.69, 9.17) is 4.74 Å². The molecular weight excluding hydrogens is 320 g/mol. The Bertz CT molecular complexity index is 609. The highest BCUT2D eigenvalue weighted by Crippen LogP contribution is 2.57. The highest BCUT2D eigenvalue weighted by molar-refractivity contribution is 5.92. The Morgan fingerprint density at radius 2 is 1.80 bits per heavy atom. The Morgan fingerprint density at radius 1 is 1.16 bits per heavy atom. The standard InChI is InChI=1S/C20H32O5/c1-11-6-7-20(24)8-13-12(2)9-25-10-14(21)19(13,5)17(23)16(22)15(11)18(20,3)4/h12-14,16,21-22,24H,6-10H2,1-5H3/t12-,13?,14-,16?,19-,20+/m0/s1. The van der Waals surface area contributed by atoms with Gasteiger partial charge in [-0.2, -0.15) is 0 Å². The average molecular weight is 352 g/mol. The molecule has 1 heterocycles. The smallest absolute Gasteiger partial charge is 0.174 e. The Balaban J connectivity index is 2.23. The maximum absolute atomic E-state index is 13.4. The molecule has 3 aliphatic rings. The van der Waals surface area contributed by atoms with Gasteiger partial charge in [0.25, 0.3) is 0 Å². The van der Waals surface area contributed by atoms with Crippen molar-refractivity contribution in [2.75, 3.05) is 13.2 Å². The van der Waals surface area contributed by atoms with Crippen LogP contribution in [-0.2, 0) is 9.53 Å². The zero-order valence-electron chi connectivity index (χ0n) is 16.0. The summed E-state index contributed by atoms with van der Waals surface area (Å²) in [5, 5.41) is 33.4. The van der Waals surface area contributed by atoms with Gasteiger partial charge in [-0.1, -0.05) is 26.3 Å². The molecule has 3 rings (SSSR count). The quantitative estimate of drug-likeness (QED) is 0.579. The summed E-state index contributed by atoms with van der Waals surface area (Å²) in [6.07, 6.45) is -0.582. The van der Waals surface area contributed by atoms with Crippen LogP contribution in [0.4, 0.5) is 0 Å². The summed E-state index contributed by atoms with van der Waals surface area (Å²) in [5.74, 6) is -0.586. The summed E-state index contributed by atoms with van der Waals surface area (Å²) in [7, 11) is 0. The van der Waals surface area contributed by atoms with E-state index in [1.54, 1.807) is 6.92 Å². The molecule has 0 aromatic carbocycles. The summed E-state index contributed by atoms with van der Waals surface area (Å²) in [6, 6.07) is 0. The highest BCUT2D eigenvalue weighted by atomic mass is 16.5. The van der Waals surface area contributed by atoms with E-state index in [1.807, 2.05) is 27.7 Å². The van der Waals surface area contributed by atoms with Gasteiger partial charge in [0.15, 0.2) is 5.78 Å². The predicted molar refractivity (Wildman–Crippen MR) is 93.9 cm³/mol. The van der Waals surface area contributed by atoms with Gasteiger partial charge in [0.2, 0.25) is 0 Å². The molecule has 142 valence electrons. The molecule has 2 bridgehead atoms. The fourth-order valence-corrected chi connectivity index (χ4v) is 5.60. The number of ketones is 1. The maximum Gasteiger partial charge on any atom is 0.174 e. The first-order chi connectivity index (χ1) is 11.5. The fourth-order valence-electron chi connectivity index (χ4n) is 5.60. The average Bonchev–Trinajstić information content (AvgIpc) is 2.63. The van der Waals surface area contributed by atoms with Crippen molar-refractivity contribution in [1.29, 1.82) is 0 Å². The summed E-state index contributed by atoms with van der Waals surface area (Å²) in [4.78, 5) is 13.4. The van der Waals surface area contributed by atoms with Gasteiger partial charge in [0, 0.05) is 12.0 Å². The van der Waals surface area contributed by atoms with Crippen molar-refractivity contribution in [2.45, 2.75) is 71.7 Å². The molecular formula is C20H32O5. The lowest BCUT2D eigenvalue weighted by atomic mass is 9.50. The number of hydrogen-bond donors (Lipinski definition) is 3. The molecule has 1 saturated heterocycles. The van der Waals surface area contributed by atoms with Crippen molar-refractivity contribution >= 4 is 5.78 Å². The third kappa shape index (κ3) is 2.47. The van der Waals surface area contributed by atoms with Crippen LogP contribution < -0.4 is 0 Å². The molecule has 0 spiro atoms. The number of allylic oxidation sites excluding steroid dienone is 1. The second-order valence-electron chi connectivity index (χ2n) is 9.24. The molecule has 5 nitrogen and oxygen atoms in total. The summed E-state index contributed by atoms with van der Waals surface area (Å²) >= 11 is 0. The number of fused-ring (bicyclic) bond motifs is 3. The molecule has 0 aromatic heterocycles. The van der Waals surface area contributed by atoms with E-state index in [0.717, 1.165) is 5.57 Å². The highest BCUT2D eigenvalue weighted by Gasteiger charge is 2.62. The number of ether oxygens (including phenoxy) is 1. The van der Waals surface area contributed by atoms with E-state index in [1.165, 1.54) is 0 Å². The van der Waals surface area contributed by atoms with Gasteiger partial charge in [-0.05, 0) is 50.5 Å². The molecule has 5 heteroatoms. The maximum atomic E-state index is 13.4. The molecule has 0 amide bonds. The van der Waals surface area contributed by atoms with Crippen LogP contribution in [0.3, 0.4) is 0 Å². The number of rotatable bonds is 0. The molecule has 2 fully saturated rings. The van der Waals surface area contributed by atoms with E-state index < -0.39 is 28.6 Å². The van der Waals surface area contributed by atoms with E-state index in [2.05, 4.69) is 0 Å². The van der Waals surface area contributed by atoms with Gasteiger partial charge < -0.3 is 20.1 Å². The Labute approximate surface area is 150 Å². The van der Waals surface area contributed by atoms with E-state index >= 15 is 0 Å². The van der Waals surface area contributed by atoms with Crippen molar-refractivity contribution in [2.24, 2.45) is 22.7 Å². The minimum Gasteiger partial charge on any atom is -0.390 e. The van der Waals surface area contributed by atoms with Gasteiger partial charge in [-0.25, -0.2) is 0 Å². The number of hydrogen-bond acceptors (Lipinski definition) is 5.